The van der Waals surface area contributed by atoms with Crippen LogP contribution in [0.15, 0.2) is 54.6 Å². The van der Waals surface area contributed by atoms with Crippen LogP contribution >= 0.6 is 0 Å². The molecule has 0 bridgehead atoms. The molecular weight excluding hydrogens is 350 g/mol. The Kier molecular flexibility index (Phi) is 7.26. The van der Waals surface area contributed by atoms with E-state index in [1.807, 2.05) is 12.1 Å². The molecular formula is C24H29NO3. The number of unbranched alkanes of at least 4 members (excludes halogenated alkanes) is 2. The standard InChI is InChI=1S/C24H29NO3/c1-25(16-8-2-3-15-24(26)27)17-9-13-21-20-11-5-4-10-19(20)18-28-23-14-7-6-12-22(21)23/h4-7,10-14H,2-3,8-9,15-18H2,1H3,(H,26,27)/b21-13+. The van der Waals surface area contributed by atoms with E-state index >= 15 is 0 Å². The zero-order valence-corrected chi connectivity index (χ0v) is 16.6. The molecule has 28 heavy (non-hydrogen) atoms. The van der Waals surface area contributed by atoms with Crippen LogP contribution < -0.4 is 4.74 Å². The van der Waals surface area contributed by atoms with Gasteiger partial charge in [0.2, 0.25) is 0 Å². The molecule has 4 nitrogen and oxygen atoms in total. The van der Waals surface area contributed by atoms with Crippen molar-refractivity contribution < 1.29 is 14.6 Å². The summed E-state index contributed by atoms with van der Waals surface area (Å²) in [6.45, 7) is 2.58. The summed E-state index contributed by atoms with van der Waals surface area (Å²) in [5.74, 6) is 0.240. The highest BCUT2D eigenvalue weighted by molar-refractivity contribution is 5.84. The minimum atomic E-state index is -0.701. The molecule has 1 N–H and O–H groups in total. The summed E-state index contributed by atoms with van der Waals surface area (Å²) in [7, 11) is 2.13. The second-order valence-corrected chi connectivity index (χ2v) is 7.36. The van der Waals surface area contributed by atoms with E-state index < -0.39 is 5.97 Å². The van der Waals surface area contributed by atoms with Crippen LogP contribution in [0.5, 0.6) is 5.75 Å². The van der Waals surface area contributed by atoms with Gasteiger partial charge in [-0.05, 0) is 55.6 Å². The number of fused-ring (bicyclic) bond motifs is 2. The number of benzene rings is 2. The third-order valence-electron chi connectivity index (χ3n) is 5.16. The van der Waals surface area contributed by atoms with Gasteiger partial charge >= 0.3 is 5.97 Å². The summed E-state index contributed by atoms with van der Waals surface area (Å²) in [5.41, 5.74) is 4.88. The van der Waals surface area contributed by atoms with Gasteiger partial charge in [-0.1, -0.05) is 55.0 Å². The summed E-state index contributed by atoms with van der Waals surface area (Å²) in [6.07, 6.45) is 6.34. The third kappa shape index (κ3) is 5.46. The van der Waals surface area contributed by atoms with E-state index in [1.165, 1.54) is 16.7 Å². The Hall–Kier alpha value is -2.59. The molecule has 4 heteroatoms. The predicted molar refractivity (Wildman–Crippen MR) is 113 cm³/mol. The van der Waals surface area contributed by atoms with E-state index in [9.17, 15) is 4.79 Å². The summed E-state index contributed by atoms with van der Waals surface area (Å²) in [5, 5.41) is 8.70. The highest BCUT2D eigenvalue weighted by Gasteiger charge is 2.18. The molecule has 0 aromatic heterocycles. The normalized spacial score (nSPS) is 14.3. The van der Waals surface area contributed by atoms with Gasteiger partial charge in [0.15, 0.2) is 0 Å². The molecule has 0 fully saturated rings. The highest BCUT2D eigenvalue weighted by Crippen LogP contribution is 2.36. The van der Waals surface area contributed by atoms with Crippen LogP contribution in [-0.4, -0.2) is 36.1 Å². The van der Waals surface area contributed by atoms with Crippen LogP contribution in [0, 0.1) is 0 Å². The zero-order chi connectivity index (χ0) is 19.8. The van der Waals surface area contributed by atoms with Crippen molar-refractivity contribution in [3.63, 3.8) is 0 Å². The van der Waals surface area contributed by atoms with Gasteiger partial charge < -0.3 is 14.7 Å². The maximum Gasteiger partial charge on any atom is 0.303 e. The van der Waals surface area contributed by atoms with E-state index in [0.29, 0.717) is 6.61 Å². The van der Waals surface area contributed by atoms with E-state index in [4.69, 9.17) is 9.84 Å². The predicted octanol–water partition coefficient (Wildman–Crippen LogP) is 4.98. The number of carboxylic acids is 1. The fraction of sp³-hybridized carbons (Fsp3) is 0.375. The van der Waals surface area contributed by atoms with E-state index in [2.05, 4.69) is 54.4 Å². The summed E-state index contributed by atoms with van der Waals surface area (Å²) >= 11 is 0. The first-order valence-electron chi connectivity index (χ1n) is 10.1. The van der Waals surface area contributed by atoms with E-state index in [-0.39, 0.29) is 6.42 Å². The van der Waals surface area contributed by atoms with Gasteiger partial charge in [0.1, 0.15) is 12.4 Å². The number of ether oxygens (including phenoxy) is 1. The van der Waals surface area contributed by atoms with Gasteiger partial charge in [-0.25, -0.2) is 0 Å². The molecule has 2 aromatic rings. The van der Waals surface area contributed by atoms with E-state index in [0.717, 1.165) is 50.1 Å². The first-order valence-corrected chi connectivity index (χ1v) is 10.1. The molecule has 0 radical (unpaired) electrons. The molecule has 0 saturated heterocycles. The van der Waals surface area contributed by atoms with Crippen LogP contribution in [0.3, 0.4) is 0 Å². The lowest BCUT2D eigenvalue weighted by Gasteiger charge is -2.16. The molecule has 0 saturated carbocycles. The van der Waals surface area contributed by atoms with Gasteiger partial charge in [-0.15, -0.1) is 0 Å². The number of hydrogen-bond donors (Lipinski definition) is 1. The number of rotatable bonds is 9. The molecule has 0 unspecified atom stereocenters. The second kappa shape index (κ2) is 10.1. The van der Waals surface area contributed by atoms with Gasteiger partial charge in [0, 0.05) is 18.5 Å². The van der Waals surface area contributed by atoms with Crippen molar-refractivity contribution in [2.45, 2.75) is 38.7 Å². The molecule has 0 aliphatic carbocycles. The quantitative estimate of drug-likeness (QED) is 0.625. The average molecular weight is 380 g/mol. The fourth-order valence-electron chi connectivity index (χ4n) is 3.62. The highest BCUT2D eigenvalue weighted by atomic mass is 16.5. The monoisotopic (exact) mass is 379 g/mol. The number of carbonyl (C=O) groups is 1. The number of nitrogens with zero attached hydrogens (tertiary/aromatic N) is 1. The Bertz CT molecular complexity index is 779. The average Bonchev–Trinajstić information content (AvgIpc) is 2.85. The molecule has 0 atom stereocenters. The molecule has 148 valence electrons. The number of carboxylic acid groups (broad SMARTS) is 1. The van der Waals surface area contributed by atoms with Crippen molar-refractivity contribution in [2.24, 2.45) is 0 Å². The minimum absolute atomic E-state index is 0.275. The van der Waals surface area contributed by atoms with Crippen molar-refractivity contribution in [3.8, 4) is 5.75 Å². The van der Waals surface area contributed by atoms with Crippen LogP contribution in [0.25, 0.3) is 5.57 Å². The smallest absolute Gasteiger partial charge is 0.303 e. The zero-order valence-electron chi connectivity index (χ0n) is 16.6. The summed E-state index contributed by atoms with van der Waals surface area (Å²) in [6, 6.07) is 16.7. The Morgan fingerprint density at radius 2 is 1.79 bits per heavy atom. The maximum atomic E-state index is 10.6. The van der Waals surface area contributed by atoms with Crippen molar-refractivity contribution >= 4 is 11.5 Å². The van der Waals surface area contributed by atoms with Gasteiger partial charge in [0.25, 0.3) is 0 Å². The largest absolute Gasteiger partial charge is 0.488 e. The SMILES string of the molecule is CN(CC/C=C1\c2ccccc2COc2ccccc21)CCCCCC(=O)O. The Labute approximate surface area is 167 Å². The third-order valence-corrected chi connectivity index (χ3v) is 5.16. The van der Waals surface area contributed by atoms with Crippen LogP contribution in [0.4, 0.5) is 0 Å². The summed E-state index contributed by atoms with van der Waals surface area (Å²) < 4.78 is 6.03. The lowest BCUT2D eigenvalue weighted by molar-refractivity contribution is -0.137. The van der Waals surface area contributed by atoms with Crippen molar-refractivity contribution in [2.75, 3.05) is 20.1 Å². The molecule has 1 aliphatic heterocycles. The second-order valence-electron chi connectivity index (χ2n) is 7.36. The molecule has 3 rings (SSSR count). The lowest BCUT2D eigenvalue weighted by atomic mass is 9.93. The Morgan fingerprint density at radius 3 is 2.61 bits per heavy atom. The van der Waals surface area contributed by atoms with E-state index in [1.54, 1.807) is 0 Å². The summed E-state index contributed by atoms with van der Waals surface area (Å²) in [4.78, 5) is 12.9. The number of aliphatic carboxylic acids is 1. The molecule has 1 aliphatic rings. The Morgan fingerprint density at radius 1 is 1.04 bits per heavy atom. The van der Waals surface area contributed by atoms with Gasteiger partial charge in [0.05, 0.1) is 0 Å². The molecule has 2 aromatic carbocycles. The maximum absolute atomic E-state index is 10.6. The fourth-order valence-corrected chi connectivity index (χ4v) is 3.62. The van der Waals surface area contributed by atoms with Gasteiger partial charge in [-0.2, -0.15) is 0 Å². The minimum Gasteiger partial charge on any atom is -0.488 e. The molecule has 1 heterocycles. The van der Waals surface area contributed by atoms with Crippen LogP contribution in [0.2, 0.25) is 0 Å². The first kappa shape index (κ1) is 20.2. The molecule has 0 spiro atoms. The lowest BCUT2D eigenvalue weighted by Crippen LogP contribution is -2.20. The van der Waals surface area contributed by atoms with Crippen molar-refractivity contribution in [1.29, 1.82) is 0 Å². The topological polar surface area (TPSA) is 49.8 Å². The van der Waals surface area contributed by atoms with Gasteiger partial charge in [-0.3, -0.25) is 4.79 Å². The number of para-hydroxylation sites is 1. The Balaban J connectivity index is 1.62. The van der Waals surface area contributed by atoms with Crippen molar-refractivity contribution in [1.82, 2.24) is 4.90 Å². The van der Waals surface area contributed by atoms with Crippen LogP contribution in [0.1, 0.15) is 48.8 Å². The molecule has 0 amide bonds. The first-order chi connectivity index (χ1) is 13.6. The number of hydrogen-bond acceptors (Lipinski definition) is 3. The van der Waals surface area contributed by atoms with Crippen LogP contribution in [-0.2, 0) is 11.4 Å². The van der Waals surface area contributed by atoms with Crippen molar-refractivity contribution in [3.05, 3.63) is 71.3 Å².